The van der Waals surface area contributed by atoms with E-state index in [0.717, 1.165) is 6.42 Å². The van der Waals surface area contributed by atoms with Crippen molar-refractivity contribution in [2.24, 2.45) is 0 Å². The largest absolute Gasteiger partial charge is 0.496 e. The van der Waals surface area contributed by atoms with Crippen molar-refractivity contribution in [3.8, 4) is 17.2 Å². The van der Waals surface area contributed by atoms with Gasteiger partial charge in [0.2, 0.25) is 5.91 Å². The molecule has 2 aromatic rings. The summed E-state index contributed by atoms with van der Waals surface area (Å²) >= 11 is 0. The lowest BCUT2D eigenvalue weighted by Crippen LogP contribution is -2.50. The normalized spacial score (nSPS) is 12.4. The molecule has 2 atom stereocenters. The molecule has 2 amide bonds. The second-order valence-corrected chi connectivity index (χ2v) is 7.48. The average Bonchev–Trinajstić information content (AvgIpc) is 2.81. The molecule has 174 valence electrons. The van der Waals surface area contributed by atoms with Crippen LogP contribution in [0, 0.1) is 5.82 Å². The summed E-state index contributed by atoms with van der Waals surface area (Å²) in [5.74, 6) is 0.422. The average molecular weight is 447 g/mol. The van der Waals surface area contributed by atoms with Gasteiger partial charge in [0.05, 0.1) is 14.2 Å². The van der Waals surface area contributed by atoms with Crippen LogP contribution < -0.4 is 19.5 Å². The van der Waals surface area contributed by atoms with Gasteiger partial charge in [-0.1, -0.05) is 19.1 Å². The van der Waals surface area contributed by atoms with E-state index >= 15 is 0 Å². The third kappa shape index (κ3) is 7.14. The molecule has 8 heteroatoms. The topological polar surface area (TPSA) is 77.1 Å². The number of hydrogen-bond donors (Lipinski definition) is 1. The molecule has 0 heterocycles. The van der Waals surface area contributed by atoms with Gasteiger partial charge < -0.3 is 24.4 Å². The van der Waals surface area contributed by atoms with Gasteiger partial charge in [-0.25, -0.2) is 4.39 Å². The van der Waals surface area contributed by atoms with Crippen LogP contribution in [0.3, 0.4) is 0 Å². The summed E-state index contributed by atoms with van der Waals surface area (Å²) in [4.78, 5) is 27.2. The summed E-state index contributed by atoms with van der Waals surface area (Å²) in [6, 6.07) is 10.0. The lowest BCUT2D eigenvalue weighted by Gasteiger charge is -2.29. The number of carbonyl (C=O) groups is 2. The van der Waals surface area contributed by atoms with Crippen molar-refractivity contribution in [3.05, 3.63) is 53.8 Å². The number of hydrogen-bond acceptors (Lipinski definition) is 5. The highest BCUT2D eigenvalue weighted by Gasteiger charge is 2.27. The first-order valence-electron chi connectivity index (χ1n) is 10.5. The van der Waals surface area contributed by atoms with Gasteiger partial charge in [0.1, 0.15) is 29.1 Å². The fourth-order valence-electron chi connectivity index (χ4n) is 2.93. The van der Waals surface area contributed by atoms with Crippen LogP contribution in [0.5, 0.6) is 17.2 Å². The van der Waals surface area contributed by atoms with Crippen molar-refractivity contribution in [1.82, 2.24) is 10.2 Å². The van der Waals surface area contributed by atoms with Gasteiger partial charge in [-0.15, -0.1) is 0 Å². The van der Waals surface area contributed by atoms with Crippen LogP contribution in [0.2, 0.25) is 0 Å². The molecular formula is C24H31FN2O5. The molecule has 0 fully saturated rings. The van der Waals surface area contributed by atoms with E-state index in [9.17, 15) is 14.0 Å². The first-order chi connectivity index (χ1) is 15.3. The van der Waals surface area contributed by atoms with Crippen molar-refractivity contribution in [2.75, 3.05) is 20.8 Å². The van der Waals surface area contributed by atoms with Crippen molar-refractivity contribution in [1.29, 1.82) is 0 Å². The van der Waals surface area contributed by atoms with Crippen LogP contribution >= 0.6 is 0 Å². The van der Waals surface area contributed by atoms with E-state index in [1.807, 2.05) is 13.8 Å². The Bertz CT molecular complexity index is 882. The van der Waals surface area contributed by atoms with Crippen LogP contribution in [-0.4, -0.2) is 49.6 Å². The minimum atomic E-state index is -0.745. The second kappa shape index (κ2) is 11.9. The maximum absolute atomic E-state index is 13.3. The van der Waals surface area contributed by atoms with E-state index in [2.05, 4.69) is 5.32 Å². The molecule has 0 unspecified atom stereocenters. The highest BCUT2D eigenvalue weighted by Crippen LogP contribution is 2.27. The SMILES string of the molecule is CC[C@H](C)NC(=O)[C@H](C)N(Cc1ccc(F)cc1)C(=O)COc1cc(OC)cc(OC)c1. The van der Waals surface area contributed by atoms with E-state index in [1.165, 1.54) is 31.3 Å². The van der Waals surface area contributed by atoms with Crippen LogP contribution in [0.25, 0.3) is 0 Å². The van der Waals surface area contributed by atoms with Gasteiger partial charge in [-0.05, 0) is 38.0 Å². The highest BCUT2D eigenvalue weighted by molar-refractivity contribution is 5.88. The molecule has 0 saturated carbocycles. The van der Waals surface area contributed by atoms with Crippen molar-refractivity contribution < 1.29 is 28.2 Å². The molecule has 0 aromatic heterocycles. The standard InChI is InChI=1S/C24H31FN2O5/c1-6-16(2)26-24(29)17(3)27(14-18-7-9-19(25)10-8-18)23(28)15-32-22-12-20(30-4)11-21(13-22)31-5/h7-13,16-17H,6,14-15H2,1-5H3,(H,26,29)/t16-,17-/m0/s1. The third-order valence-corrected chi connectivity index (χ3v) is 5.12. The predicted octanol–water partition coefficient (Wildman–Crippen LogP) is 3.55. The molecule has 0 radical (unpaired) electrons. The molecule has 0 aliphatic carbocycles. The van der Waals surface area contributed by atoms with Crippen LogP contribution in [0.4, 0.5) is 4.39 Å². The van der Waals surface area contributed by atoms with E-state index in [4.69, 9.17) is 14.2 Å². The zero-order chi connectivity index (χ0) is 23.7. The molecule has 0 bridgehead atoms. The highest BCUT2D eigenvalue weighted by atomic mass is 19.1. The molecule has 2 rings (SSSR count). The first-order valence-corrected chi connectivity index (χ1v) is 10.5. The van der Waals surface area contributed by atoms with E-state index < -0.39 is 6.04 Å². The molecule has 0 aliphatic heterocycles. The maximum Gasteiger partial charge on any atom is 0.261 e. The smallest absolute Gasteiger partial charge is 0.261 e. The van der Waals surface area contributed by atoms with Crippen molar-refractivity contribution in [2.45, 2.75) is 45.8 Å². The predicted molar refractivity (Wildman–Crippen MR) is 119 cm³/mol. The van der Waals surface area contributed by atoms with Crippen LogP contribution in [0.15, 0.2) is 42.5 Å². The number of ether oxygens (including phenoxy) is 3. The Labute approximate surface area is 188 Å². The van der Waals surface area contributed by atoms with Gasteiger partial charge in [0, 0.05) is 30.8 Å². The van der Waals surface area contributed by atoms with E-state index in [0.29, 0.717) is 22.8 Å². The minimum Gasteiger partial charge on any atom is -0.496 e. The van der Waals surface area contributed by atoms with Gasteiger partial charge in [-0.2, -0.15) is 0 Å². The van der Waals surface area contributed by atoms with Gasteiger partial charge in [0.25, 0.3) is 5.91 Å². The van der Waals surface area contributed by atoms with E-state index in [-0.39, 0.29) is 36.8 Å². The number of benzene rings is 2. The molecule has 32 heavy (non-hydrogen) atoms. The Morgan fingerprint density at radius 2 is 1.56 bits per heavy atom. The summed E-state index contributed by atoms with van der Waals surface area (Å²) in [7, 11) is 3.04. The quantitative estimate of drug-likeness (QED) is 0.571. The Kier molecular flexibility index (Phi) is 9.31. The Balaban J connectivity index is 2.18. The third-order valence-electron chi connectivity index (χ3n) is 5.12. The number of nitrogens with zero attached hydrogens (tertiary/aromatic N) is 1. The fraction of sp³-hybridized carbons (Fsp3) is 0.417. The molecule has 1 N–H and O–H groups in total. The van der Waals surface area contributed by atoms with Gasteiger partial charge in [0.15, 0.2) is 6.61 Å². The zero-order valence-electron chi connectivity index (χ0n) is 19.2. The lowest BCUT2D eigenvalue weighted by atomic mass is 10.1. The number of carbonyl (C=O) groups excluding carboxylic acids is 2. The summed E-state index contributed by atoms with van der Waals surface area (Å²) < 4.78 is 29.4. The molecule has 0 aliphatic rings. The maximum atomic E-state index is 13.3. The number of nitrogens with one attached hydrogen (secondary N) is 1. The Morgan fingerprint density at radius 1 is 1.00 bits per heavy atom. The van der Waals surface area contributed by atoms with E-state index in [1.54, 1.807) is 37.3 Å². The molecule has 2 aromatic carbocycles. The number of amides is 2. The lowest BCUT2D eigenvalue weighted by molar-refractivity contribution is -0.142. The summed E-state index contributed by atoms with van der Waals surface area (Å²) in [5, 5.41) is 2.90. The Hall–Kier alpha value is -3.29. The number of methoxy groups -OCH3 is 2. The Morgan fingerprint density at radius 3 is 2.09 bits per heavy atom. The molecular weight excluding hydrogens is 415 g/mol. The number of halogens is 1. The molecule has 0 spiro atoms. The monoisotopic (exact) mass is 446 g/mol. The zero-order valence-corrected chi connectivity index (χ0v) is 19.2. The molecule has 7 nitrogen and oxygen atoms in total. The fourth-order valence-corrected chi connectivity index (χ4v) is 2.93. The molecule has 0 saturated heterocycles. The van der Waals surface area contributed by atoms with Crippen molar-refractivity contribution >= 4 is 11.8 Å². The summed E-state index contributed by atoms with van der Waals surface area (Å²) in [6.45, 7) is 5.37. The minimum absolute atomic E-state index is 0.0202. The summed E-state index contributed by atoms with van der Waals surface area (Å²) in [6.07, 6.45) is 0.769. The second-order valence-electron chi connectivity index (χ2n) is 7.48. The van der Waals surface area contributed by atoms with Crippen molar-refractivity contribution in [3.63, 3.8) is 0 Å². The summed E-state index contributed by atoms with van der Waals surface area (Å²) in [5.41, 5.74) is 0.700. The number of rotatable bonds is 11. The van der Waals surface area contributed by atoms with Gasteiger partial charge in [-0.3, -0.25) is 9.59 Å². The van der Waals surface area contributed by atoms with Gasteiger partial charge >= 0.3 is 0 Å². The van der Waals surface area contributed by atoms with Crippen LogP contribution in [-0.2, 0) is 16.1 Å². The first kappa shape index (κ1) is 25.0. The van der Waals surface area contributed by atoms with Crippen LogP contribution in [0.1, 0.15) is 32.8 Å².